The van der Waals surface area contributed by atoms with Crippen LogP contribution in [0.5, 0.6) is 0 Å². The number of aromatic nitrogens is 2. The summed E-state index contributed by atoms with van der Waals surface area (Å²) in [6.07, 6.45) is 0.904. The molecule has 0 bridgehead atoms. The average Bonchev–Trinajstić information content (AvgIpc) is 2.89. The number of nitrogens with two attached hydrogens (primary N) is 1. The van der Waals surface area contributed by atoms with Crippen molar-refractivity contribution in [3.05, 3.63) is 45.0 Å². The predicted octanol–water partition coefficient (Wildman–Crippen LogP) is 3.38. The zero-order chi connectivity index (χ0) is 15.0. The Bertz CT molecular complexity index is 662. The number of halogens is 3. The van der Waals surface area contributed by atoms with Gasteiger partial charge in [0.1, 0.15) is 0 Å². The van der Waals surface area contributed by atoms with E-state index < -0.39 is 0 Å². The first kappa shape index (κ1) is 17.5. The molecule has 1 aliphatic rings. The van der Waals surface area contributed by atoms with E-state index in [1.54, 1.807) is 6.07 Å². The van der Waals surface area contributed by atoms with Crippen molar-refractivity contribution in [1.82, 2.24) is 15.0 Å². The van der Waals surface area contributed by atoms with Crippen LogP contribution in [0.2, 0.25) is 10.0 Å². The number of hydrogen-bond acceptors (Lipinski definition) is 5. The van der Waals surface area contributed by atoms with Crippen molar-refractivity contribution < 1.29 is 4.52 Å². The van der Waals surface area contributed by atoms with E-state index >= 15 is 0 Å². The lowest BCUT2D eigenvalue weighted by Gasteiger charge is -2.35. The highest BCUT2D eigenvalue weighted by Crippen LogP contribution is 2.37. The second-order valence-electron chi connectivity index (χ2n) is 5.17. The summed E-state index contributed by atoms with van der Waals surface area (Å²) in [6, 6.07) is 3.97. The molecule has 120 valence electrons. The summed E-state index contributed by atoms with van der Waals surface area (Å²) in [6.45, 7) is 3.90. The summed E-state index contributed by atoms with van der Waals surface area (Å²) in [5, 5.41) is 5.34. The van der Waals surface area contributed by atoms with E-state index in [1.165, 1.54) is 5.56 Å². The maximum absolute atomic E-state index is 6.36. The van der Waals surface area contributed by atoms with Crippen LogP contribution in [-0.4, -0.2) is 21.6 Å². The fourth-order valence-electron chi connectivity index (χ4n) is 2.79. The minimum absolute atomic E-state index is 0. The molecule has 1 aliphatic heterocycles. The SMILES string of the molecule is CC1c2c(Cl)cc(Cl)cc2CCN1Cc1noc(CN)n1.Cl. The summed E-state index contributed by atoms with van der Waals surface area (Å²) in [5.41, 5.74) is 7.83. The van der Waals surface area contributed by atoms with Crippen LogP contribution in [0.3, 0.4) is 0 Å². The molecular formula is C14H17Cl3N4O. The highest BCUT2D eigenvalue weighted by Gasteiger charge is 2.27. The molecule has 0 radical (unpaired) electrons. The number of rotatable bonds is 3. The Hall–Kier alpha value is -0.850. The zero-order valence-electron chi connectivity index (χ0n) is 12.1. The Kier molecular flexibility index (Phi) is 5.69. The zero-order valence-corrected chi connectivity index (χ0v) is 14.4. The summed E-state index contributed by atoms with van der Waals surface area (Å²) in [7, 11) is 0. The van der Waals surface area contributed by atoms with Gasteiger partial charge in [-0.1, -0.05) is 28.4 Å². The van der Waals surface area contributed by atoms with Gasteiger partial charge in [-0.2, -0.15) is 4.98 Å². The normalized spacial score (nSPS) is 17.9. The Morgan fingerprint density at radius 2 is 2.18 bits per heavy atom. The molecule has 0 aliphatic carbocycles. The Balaban J connectivity index is 0.00000176. The largest absolute Gasteiger partial charge is 0.338 e. The minimum atomic E-state index is 0. The standard InChI is InChI=1S/C14H16Cl2N4O.ClH/c1-8-14-9(4-10(15)5-11(14)16)2-3-20(8)7-12-18-13(6-17)21-19-12;/h4-5,8H,2-3,6-7,17H2,1H3;1H. The molecule has 2 N–H and O–H groups in total. The van der Waals surface area contributed by atoms with Crippen molar-refractivity contribution in [2.24, 2.45) is 5.73 Å². The quantitative estimate of drug-likeness (QED) is 0.905. The summed E-state index contributed by atoms with van der Waals surface area (Å²) < 4.78 is 5.04. The van der Waals surface area contributed by atoms with Crippen molar-refractivity contribution in [2.45, 2.75) is 32.5 Å². The van der Waals surface area contributed by atoms with Gasteiger partial charge in [0.25, 0.3) is 0 Å². The highest BCUT2D eigenvalue weighted by molar-refractivity contribution is 6.35. The van der Waals surface area contributed by atoms with Gasteiger partial charge in [0.15, 0.2) is 5.82 Å². The van der Waals surface area contributed by atoms with Gasteiger partial charge >= 0.3 is 0 Å². The lowest BCUT2D eigenvalue weighted by Crippen LogP contribution is -2.34. The van der Waals surface area contributed by atoms with Gasteiger partial charge in [0, 0.05) is 22.6 Å². The topological polar surface area (TPSA) is 68.2 Å². The van der Waals surface area contributed by atoms with E-state index in [0.717, 1.165) is 18.5 Å². The summed E-state index contributed by atoms with van der Waals surface area (Å²) in [5.74, 6) is 1.11. The van der Waals surface area contributed by atoms with Gasteiger partial charge in [-0.25, -0.2) is 0 Å². The fraction of sp³-hybridized carbons (Fsp3) is 0.429. The highest BCUT2D eigenvalue weighted by atomic mass is 35.5. The predicted molar refractivity (Wildman–Crippen MR) is 88.4 cm³/mol. The molecule has 0 saturated heterocycles. The summed E-state index contributed by atoms with van der Waals surface area (Å²) >= 11 is 12.4. The van der Waals surface area contributed by atoms with Crippen LogP contribution < -0.4 is 5.73 Å². The van der Waals surface area contributed by atoms with Crippen molar-refractivity contribution in [3.8, 4) is 0 Å². The second-order valence-corrected chi connectivity index (χ2v) is 6.01. The molecular weight excluding hydrogens is 347 g/mol. The van der Waals surface area contributed by atoms with Gasteiger partial charge in [-0.05, 0) is 36.6 Å². The monoisotopic (exact) mass is 362 g/mol. The van der Waals surface area contributed by atoms with Gasteiger partial charge in [0.2, 0.25) is 5.89 Å². The lowest BCUT2D eigenvalue weighted by molar-refractivity contribution is 0.182. The van der Waals surface area contributed by atoms with E-state index in [-0.39, 0.29) is 25.0 Å². The van der Waals surface area contributed by atoms with Crippen LogP contribution in [-0.2, 0) is 19.5 Å². The third kappa shape index (κ3) is 3.39. The van der Waals surface area contributed by atoms with Crippen molar-refractivity contribution in [3.63, 3.8) is 0 Å². The molecule has 1 aromatic carbocycles. The van der Waals surface area contributed by atoms with Crippen molar-refractivity contribution in [2.75, 3.05) is 6.54 Å². The minimum Gasteiger partial charge on any atom is -0.338 e. The molecule has 8 heteroatoms. The third-order valence-corrected chi connectivity index (χ3v) is 4.37. The van der Waals surface area contributed by atoms with E-state index in [2.05, 4.69) is 22.0 Å². The molecule has 0 amide bonds. The number of hydrogen-bond donors (Lipinski definition) is 1. The number of nitrogens with zero attached hydrogens (tertiary/aromatic N) is 3. The van der Waals surface area contributed by atoms with Crippen LogP contribution in [0.1, 0.15) is 35.8 Å². The third-order valence-electron chi connectivity index (χ3n) is 3.84. The van der Waals surface area contributed by atoms with Crippen LogP contribution in [0, 0.1) is 0 Å². The molecule has 0 spiro atoms. The molecule has 5 nitrogen and oxygen atoms in total. The van der Waals surface area contributed by atoms with Crippen LogP contribution in [0.4, 0.5) is 0 Å². The van der Waals surface area contributed by atoms with Gasteiger partial charge in [0.05, 0.1) is 13.1 Å². The van der Waals surface area contributed by atoms with Crippen molar-refractivity contribution in [1.29, 1.82) is 0 Å². The molecule has 0 saturated carbocycles. The number of fused-ring (bicyclic) bond motifs is 1. The first-order valence-corrected chi connectivity index (χ1v) is 7.57. The Morgan fingerprint density at radius 1 is 1.41 bits per heavy atom. The van der Waals surface area contributed by atoms with Gasteiger partial charge in [-0.3, -0.25) is 4.90 Å². The number of benzene rings is 1. The van der Waals surface area contributed by atoms with Crippen LogP contribution >= 0.6 is 35.6 Å². The summed E-state index contributed by atoms with van der Waals surface area (Å²) in [4.78, 5) is 6.52. The lowest BCUT2D eigenvalue weighted by atomic mass is 9.93. The van der Waals surface area contributed by atoms with E-state index in [9.17, 15) is 0 Å². The van der Waals surface area contributed by atoms with E-state index in [1.807, 2.05) is 6.07 Å². The molecule has 3 rings (SSSR count). The maximum Gasteiger partial charge on any atom is 0.240 e. The second kappa shape index (κ2) is 7.15. The molecule has 22 heavy (non-hydrogen) atoms. The molecule has 1 unspecified atom stereocenters. The van der Waals surface area contributed by atoms with Crippen LogP contribution in [0.25, 0.3) is 0 Å². The maximum atomic E-state index is 6.36. The van der Waals surface area contributed by atoms with Gasteiger partial charge in [-0.15, -0.1) is 12.4 Å². The average molecular weight is 364 g/mol. The van der Waals surface area contributed by atoms with E-state index in [4.69, 9.17) is 33.5 Å². The van der Waals surface area contributed by atoms with Crippen LogP contribution in [0.15, 0.2) is 16.7 Å². The van der Waals surface area contributed by atoms with Gasteiger partial charge < -0.3 is 10.3 Å². The molecule has 1 aromatic heterocycles. The molecule has 1 atom stereocenters. The van der Waals surface area contributed by atoms with E-state index in [0.29, 0.717) is 28.3 Å². The molecule has 2 aromatic rings. The smallest absolute Gasteiger partial charge is 0.240 e. The van der Waals surface area contributed by atoms with Crippen molar-refractivity contribution >= 4 is 35.6 Å². The fourth-order valence-corrected chi connectivity index (χ4v) is 3.48. The molecule has 0 fully saturated rings. The first-order valence-electron chi connectivity index (χ1n) is 6.82. The Morgan fingerprint density at radius 3 is 2.86 bits per heavy atom. The first-order chi connectivity index (χ1) is 10.1. The molecule has 2 heterocycles. The Labute approximate surface area is 145 Å².